The predicted molar refractivity (Wildman–Crippen MR) is 74.8 cm³/mol. The summed E-state index contributed by atoms with van der Waals surface area (Å²) in [5.74, 6) is 1.56. The molecule has 0 spiro atoms. The van der Waals surface area contributed by atoms with Crippen LogP contribution < -0.4 is 10.1 Å². The fourth-order valence-corrected chi connectivity index (χ4v) is 2.88. The van der Waals surface area contributed by atoms with Gasteiger partial charge in [0.25, 0.3) is 0 Å². The zero-order valence-corrected chi connectivity index (χ0v) is 11.7. The highest BCUT2D eigenvalue weighted by Crippen LogP contribution is 2.36. The molecule has 2 nitrogen and oxygen atoms in total. The lowest BCUT2D eigenvalue weighted by Gasteiger charge is -2.32. The van der Waals surface area contributed by atoms with Gasteiger partial charge in [0.05, 0.1) is 0 Å². The van der Waals surface area contributed by atoms with Crippen molar-refractivity contribution >= 4 is 11.8 Å². The fourth-order valence-electron chi connectivity index (χ4n) is 2.38. The lowest BCUT2D eigenvalue weighted by molar-refractivity contribution is 0.147. The van der Waals surface area contributed by atoms with Gasteiger partial charge in [-0.15, -0.1) is 0 Å². The Kier molecular flexibility index (Phi) is 4.89. The predicted octanol–water partition coefficient (Wildman–Crippen LogP) is 3.38. The summed E-state index contributed by atoms with van der Waals surface area (Å²) in [6.07, 6.45) is 4.26. The molecule has 1 aromatic carbocycles. The third kappa shape index (κ3) is 3.18. The second-order valence-corrected chi connectivity index (χ2v) is 5.54. The largest absolute Gasteiger partial charge is 0.490 e. The highest BCUT2D eigenvalue weighted by atomic mass is 32.2. The van der Waals surface area contributed by atoms with Crippen LogP contribution in [0.2, 0.25) is 0 Å². The van der Waals surface area contributed by atoms with Crippen molar-refractivity contribution in [3.63, 3.8) is 0 Å². The molecular weight excluding hydrogens is 249 g/mol. The number of hydrogen-bond acceptors (Lipinski definition) is 3. The molecule has 0 saturated carbocycles. The third-order valence-electron chi connectivity index (χ3n) is 3.24. The molecule has 1 aliphatic heterocycles. The maximum atomic E-state index is 13.3. The van der Waals surface area contributed by atoms with Crippen molar-refractivity contribution in [2.45, 2.75) is 31.9 Å². The molecule has 2 atom stereocenters. The van der Waals surface area contributed by atoms with Crippen LogP contribution in [-0.4, -0.2) is 24.7 Å². The van der Waals surface area contributed by atoms with Crippen LogP contribution in [0, 0.1) is 5.82 Å². The van der Waals surface area contributed by atoms with Gasteiger partial charge in [-0.05, 0) is 31.0 Å². The molecular formula is C14H20FNOS. The summed E-state index contributed by atoms with van der Waals surface area (Å²) in [6, 6.07) is 5.13. The number of fused-ring (bicyclic) bond motifs is 1. The highest BCUT2D eigenvalue weighted by molar-refractivity contribution is 7.98. The molecule has 1 heterocycles. The van der Waals surface area contributed by atoms with Crippen molar-refractivity contribution in [1.29, 1.82) is 0 Å². The molecule has 0 amide bonds. The SMILES string of the molecule is CCNC1CC(CCSC)Oc2cc(F)ccc21. The molecule has 4 heteroatoms. The summed E-state index contributed by atoms with van der Waals surface area (Å²) in [6.45, 7) is 3.01. The van der Waals surface area contributed by atoms with Crippen molar-refractivity contribution in [2.75, 3.05) is 18.6 Å². The molecule has 0 fully saturated rings. The first kappa shape index (κ1) is 13.7. The van der Waals surface area contributed by atoms with E-state index in [9.17, 15) is 4.39 Å². The van der Waals surface area contributed by atoms with Crippen LogP contribution in [0.1, 0.15) is 31.4 Å². The quantitative estimate of drug-likeness (QED) is 0.885. The minimum absolute atomic E-state index is 0.191. The molecule has 2 unspecified atom stereocenters. The van der Waals surface area contributed by atoms with Crippen LogP contribution in [0.3, 0.4) is 0 Å². The Morgan fingerprint density at radius 1 is 1.50 bits per heavy atom. The molecule has 0 bridgehead atoms. The van der Waals surface area contributed by atoms with Crippen LogP contribution in [0.4, 0.5) is 4.39 Å². The molecule has 1 aromatic rings. The van der Waals surface area contributed by atoms with Crippen molar-refractivity contribution in [3.8, 4) is 5.75 Å². The Hall–Kier alpha value is -0.740. The molecule has 2 rings (SSSR count). The first-order valence-electron chi connectivity index (χ1n) is 6.43. The fraction of sp³-hybridized carbons (Fsp3) is 0.571. The molecule has 100 valence electrons. The number of thioether (sulfide) groups is 1. The molecule has 1 aliphatic rings. The summed E-state index contributed by atoms with van der Waals surface area (Å²) in [7, 11) is 0. The van der Waals surface area contributed by atoms with Gasteiger partial charge in [-0.1, -0.05) is 13.0 Å². The lowest BCUT2D eigenvalue weighted by Crippen LogP contribution is -2.33. The van der Waals surface area contributed by atoms with Crippen LogP contribution in [0.5, 0.6) is 5.75 Å². The number of ether oxygens (including phenoxy) is 1. The Morgan fingerprint density at radius 3 is 3.06 bits per heavy atom. The van der Waals surface area contributed by atoms with E-state index in [-0.39, 0.29) is 18.0 Å². The van der Waals surface area contributed by atoms with Gasteiger partial charge in [0.15, 0.2) is 0 Å². The van der Waals surface area contributed by atoms with Crippen molar-refractivity contribution in [3.05, 3.63) is 29.6 Å². The van der Waals surface area contributed by atoms with Gasteiger partial charge in [0, 0.05) is 24.1 Å². The van der Waals surface area contributed by atoms with Crippen LogP contribution in [0.15, 0.2) is 18.2 Å². The van der Waals surface area contributed by atoms with Crippen molar-refractivity contribution in [1.82, 2.24) is 5.32 Å². The maximum Gasteiger partial charge on any atom is 0.127 e. The van der Waals surface area contributed by atoms with Gasteiger partial charge < -0.3 is 10.1 Å². The Balaban J connectivity index is 2.17. The van der Waals surface area contributed by atoms with E-state index in [0.717, 1.165) is 30.7 Å². The van der Waals surface area contributed by atoms with E-state index in [1.165, 1.54) is 12.1 Å². The minimum Gasteiger partial charge on any atom is -0.490 e. The number of rotatable bonds is 5. The standard InChI is InChI=1S/C14H20FNOS/c1-3-16-13-9-11(6-7-18-2)17-14-8-10(15)4-5-12(13)14/h4-5,8,11,13,16H,3,6-7,9H2,1-2H3. The van der Waals surface area contributed by atoms with Crippen LogP contribution >= 0.6 is 11.8 Å². The van der Waals surface area contributed by atoms with Gasteiger partial charge in [-0.2, -0.15) is 11.8 Å². The lowest BCUT2D eigenvalue weighted by atomic mass is 9.95. The number of benzene rings is 1. The Labute approximate surface area is 112 Å². The van der Waals surface area contributed by atoms with Gasteiger partial charge >= 0.3 is 0 Å². The first-order chi connectivity index (χ1) is 8.74. The zero-order chi connectivity index (χ0) is 13.0. The first-order valence-corrected chi connectivity index (χ1v) is 7.82. The van der Waals surface area contributed by atoms with E-state index in [0.29, 0.717) is 5.75 Å². The second-order valence-electron chi connectivity index (χ2n) is 4.55. The molecule has 0 radical (unpaired) electrons. The smallest absolute Gasteiger partial charge is 0.127 e. The number of nitrogens with one attached hydrogen (secondary N) is 1. The average molecular weight is 269 g/mol. The van der Waals surface area contributed by atoms with E-state index in [2.05, 4.69) is 18.5 Å². The normalized spacial score (nSPS) is 22.4. The topological polar surface area (TPSA) is 21.3 Å². The van der Waals surface area contributed by atoms with E-state index in [4.69, 9.17) is 4.74 Å². The molecule has 1 N–H and O–H groups in total. The molecule has 0 aliphatic carbocycles. The third-order valence-corrected chi connectivity index (χ3v) is 3.88. The van der Waals surface area contributed by atoms with E-state index in [1.54, 1.807) is 0 Å². The Bertz CT molecular complexity index is 399. The second kappa shape index (κ2) is 6.43. The van der Waals surface area contributed by atoms with Crippen LogP contribution in [-0.2, 0) is 0 Å². The van der Waals surface area contributed by atoms with E-state index >= 15 is 0 Å². The highest BCUT2D eigenvalue weighted by Gasteiger charge is 2.27. The summed E-state index contributed by atoms with van der Waals surface area (Å²) in [4.78, 5) is 0. The van der Waals surface area contributed by atoms with E-state index < -0.39 is 0 Å². The number of halogens is 1. The zero-order valence-electron chi connectivity index (χ0n) is 10.9. The summed E-state index contributed by atoms with van der Waals surface area (Å²) in [5.41, 5.74) is 1.08. The molecule has 0 saturated heterocycles. The van der Waals surface area contributed by atoms with E-state index in [1.807, 2.05) is 17.8 Å². The van der Waals surface area contributed by atoms with Gasteiger partial charge in [0.1, 0.15) is 17.7 Å². The summed E-state index contributed by atoms with van der Waals surface area (Å²) >= 11 is 1.82. The minimum atomic E-state index is -0.227. The van der Waals surface area contributed by atoms with Crippen molar-refractivity contribution < 1.29 is 9.13 Å². The van der Waals surface area contributed by atoms with Gasteiger partial charge in [-0.25, -0.2) is 4.39 Å². The summed E-state index contributed by atoms with van der Waals surface area (Å²) < 4.78 is 19.2. The molecule has 18 heavy (non-hydrogen) atoms. The maximum absolute atomic E-state index is 13.3. The average Bonchev–Trinajstić information content (AvgIpc) is 2.36. The van der Waals surface area contributed by atoms with Crippen LogP contribution in [0.25, 0.3) is 0 Å². The molecule has 0 aromatic heterocycles. The Morgan fingerprint density at radius 2 is 2.33 bits per heavy atom. The van der Waals surface area contributed by atoms with Crippen molar-refractivity contribution in [2.24, 2.45) is 0 Å². The van der Waals surface area contributed by atoms with Gasteiger partial charge in [-0.3, -0.25) is 0 Å². The number of hydrogen-bond donors (Lipinski definition) is 1. The monoisotopic (exact) mass is 269 g/mol. The summed E-state index contributed by atoms with van der Waals surface area (Å²) in [5, 5.41) is 3.46. The van der Waals surface area contributed by atoms with Gasteiger partial charge in [0.2, 0.25) is 0 Å².